The molecule has 0 saturated carbocycles. The topological polar surface area (TPSA) is 76.9 Å². The molecule has 0 aliphatic rings. The Bertz CT molecular complexity index is 944. The molecule has 0 spiro atoms. The van der Waals surface area contributed by atoms with E-state index in [0.717, 1.165) is 10.2 Å². The van der Waals surface area contributed by atoms with Gasteiger partial charge in [0.05, 0.1) is 21.5 Å². The molecule has 8 heteroatoms. The van der Waals surface area contributed by atoms with Gasteiger partial charge in [-0.2, -0.15) is 5.10 Å². The molecule has 0 saturated heterocycles. The maximum absolute atomic E-state index is 12.4. The smallest absolute Gasteiger partial charge is 0.295 e. The van der Waals surface area contributed by atoms with E-state index in [2.05, 4.69) is 15.4 Å². The molecule has 1 amide bonds. The van der Waals surface area contributed by atoms with Gasteiger partial charge in [-0.05, 0) is 32.0 Å². The van der Waals surface area contributed by atoms with Gasteiger partial charge in [-0.15, -0.1) is 0 Å². The van der Waals surface area contributed by atoms with E-state index in [1.807, 2.05) is 0 Å². The van der Waals surface area contributed by atoms with Crippen LogP contribution in [0, 0.1) is 13.8 Å². The Morgan fingerprint density at radius 2 is 2.04 bits per heavy atom. The van der Waals surface area contributed by atoms with Crippen molar-refractivity contribution in [2.24, 2.45) is 7.05 Å². The fraction of sp³-hybridized carbons (Fsp3) is 0.200. The average molecular weight is 349 g/mol. The highest BCUT2D eigenvalue weighted by atomic mass is 35.5. The van der Waals surface area contributed by atoms with Crippen molar-refractivity contribution in [1.29, 1.82) is 0 Å². The molecule has 1 aromatic carbocycles. The molecule has 0 radical (unpaired) electrons. The zero-order valence-electron chi connectivity index (χ0n) is 12.7. The minimum Gasteiger partial charge on any atom is -0.295 e. The van der Waals surface area contributed by atoms with Crippen LogP contribution >= 0.6 is 22.9 Å². The van der Waals surface area contributed by atoms with E-state index in [9.17, 15) is 9.59 Å². The lowest BCUT2D eigenvalue weighted by Crippen LogP contribution is -2.23. The molecule has 1 N–H and O–H groups in total. The summed E-state index contributed by atoms with van der Waals surface area (Å²) in [6, 6.07) is 5.26. The molecular formula is C15H13ClN4O2S. The Kier molecular flexibility index (Phi) is 3.91. The molecule has 0 fully saturated rings. The summed E-state index contributed by atoms with van der Waals surface area (Å²) in [4.78, 5) is 28.9. The SMILES string of the molecule is Cc1nn(C)c(C)c1C(=O)C(=O)Nc1nc2ccc(Cl)cc2s1. The summed E-state index contributed by atoms with van der Waals surface area (Å²) in [7, 11) is 1.73. The summed E-state index contributed by atoms with van der Waals surface area (Å²) < 4.78 is 2.42. The number of nitrogens with one attached hydrogen (secondary N) is 1. The van der Waals surface area contributed by atoms with Crippen molar-refractivity contribution < 1.29 is 9.59 Å². The van der Waals surface area contributed by atoms with Crippen LogP contribution in [0.4, 0.5) is 5.13 Å². The van der Waals surface area contributed by atoms with Gasteiger partial charge in [0.15, 0.2) is 5.13 Å². The first kappa shape index (κ1) is 15.6. The number of anilines is 1. The van der Waals surface area contributed by atoms with Crippen LogP contribution in [0.5, 0.6) is 0 Å². The number of rotatable bonds is 3. The number of benzene rings is 1. The third-order valence-corrected chi connectivity index (χ3v) is 4.68. The zero-order valence-corrected chi connectivity index (χ0v) is 14.2. The first-order chi connectivity index (χ1) is 10.9. The maximum atomic E-state index is 12.4. The summed E-state index contributed by atoms with van der Waals surface area (Å²) in [6.45, 7) is 3.45. The third kappa shape index (κ3) is 2.85. The van der Waals surface area contributed by atoms with Crippen molar-refractivity contribution in [2.75, 3.05) is 5.32 Å². The van der Waals surface area contributed by atoms with Crippen molar-refractivity contribution in [1.82, 2.24) is 14.8 Å². The van der Waals surface area contributed by atoms with Gasteiger partial charge >= 0.3 is 0 Å². The van der Waals surface area contributed by atoms with Gasteiger partial charge in [0.25, 0.3) is 11.7 Å². The first-order valence-electron chi connectivity index (χ1n) is 6.79. The molecule has 6 nitrogen and oxygen atoms in total. The van der Waals surface area contributed by atoms with E-state index in [1.165, 1.54) is 11.3 Å². The second-order valence-electron chi connectivity index (χ2n) is 5.08. The van der Waals surface area contributed by atoms with Crippen molar-refractivity contribution in [2.45, 2.75) is 13.8 Å². The normalized spacial score (nSPS) is 11.0. The Morgan fingerprint density at radius 3 is 2.70 bits per heavy atom. The van der Waals surface area contributed by atoms with Crippen LogP contribution in [0.2, 0.25) is 5.02 Å². The molecule has 0 bridgehead atoms. The molecular weight excluding hydrogens is 336 g/mol. The lowest BCUT2D eigenvalue weighted by Gasteiger charge is -2.01. The maximum Gasteiger partial charge on any atom is 0.298 e. The molecule has 3 aromatic rings. The van der Waals surface area contributed by atoms with E-state index in [1.54, 1.807) is 43.8 Å². The number of halogens is 1. The van der Waals surface area contributed by atoms with Gasteiger partial charge in [-0.25, -0.2) is 4.98 Å². The number of hydrogen-bond donors (Lipinski definition) is 1. The van der Waals surface area contributed by atoms with E-state index in [-0.39, 0.29) is 0 Å². The van der Waals surface area contributed by atoms with E-state index in [0.29, 0.717) is 27.1 Å². The lowest BCUT2D eigenvalue weighted by molar-refractivity contribution is -0.112. The number of nitrogens with zero attached hydrogens (tertiary/aromatic N) is 3. The molecule has 2 heterocycles. The largest absolute Gasteiger partial charge is 0.298 e. The van der Waals surface area contributed by atoms with E-state index in [4.69, 9.17) is 11.6 Å². The van der Waals surface area contributed by atoms with Gasteiger partial charge in [-0.3, -0.25) is 19.6 Å². The number of amides is 1. The van der Waals surface area contributed by atoms with Crippen molar-refractivity contribution in [3.05, 3.63) is 40.2 Å². The number of thiazole rings is 1. The summed E-state index contributed by atoms with van der Waals surface area (Å²) in [5, 5.41) is 7.66. The van der Waals surface area contributed by atoms with Gasteiger partial charge < -0.3 is 0 Å². The zero-order chi connectivity index (χ0) is 16.7. The van der Waals surface area contributed by atoms with Crippen LogP contribution in [-0.4, -0.2) is 26.5 Å². The summed E-state index contributed by atoms with van der Waals surface area (Å²) in [5.74, 6) is -1.35. The highest BCUT2D eigenvalue weighted by Gasteiger charge is 2.24. The fourth-order valence-electron chi connectivity index (χ4n) is 2.32. The molecule has 0 atom stereocenters. The Balaban J connectivity index is 1.86. The van der Waals surface area contributed by atoms with Crippen molar-refractivity contribution >= 4 is 50.0 Å². The second-order valence-corrected chi connectivity index (χ2v) is 6.55. The van der Waals surface area contributed by atoms with Gasteiger partial charge in [-0.1, -0.05) is 22.9 Å². The number of Topliss-reactive ketones (excluding diaryl/α,β-unsaturated/α-hetero) is 1. The number of aryl methyl sites for hydroxylation is 2. The molecule has 0 unspecified atom stereocenters. The summed E-state index contributed by atoms with van der Waals surface area (Å²) in [5.41, 5.74) is 2.23. The van der Waals surface area contributed by atoms with Gasteiger partial charge in [0, 0.05) is 17.8 Å². The predicted octanol–water partition coefficient (Wildman–Crippen LogP) is 3.12. The predicted molar refractivity (Wildman–Crippen MR) is 90.3 cm³/mol. The van der Waals surface area contributed by atoms with Crippen LogP contribution in [0.25, 0.3) is 10.2 Å². The first-order valence-corrected chi connectivity index (χ1v) is 7.98. The monoisotopic (exact) mass is 348 g/mol. The standard InChI is InChI=1S/C15H13ClN4O2S/c1-7-12(8(2)20(3)19-7)13(21)14(22)18-15-17-10-5-4-9(16)6-11(10)23-15/h4-6H,1-3H3,(H,17,18,22). The van der Waals surface area contributed by atoms with Gasteiger partial charge in [0.1, 0.15) is 0 Å². The van der Waals surface area contributed by atoms with Crippen LogP contribution < -0.4 is 5.32 Å². The van der Waals surface area contributed by atoms with E-state index < -0.39 is 11.7 Å². The molecule has 3 rings (SSSR count). The minimum absolute atomic E-state index is 0.328. The summed E-state index contributed by atoms with van der Waals surface area (Å²) in [6.07, 6.45) is 0. The van der Waals surface area contributed by atoms with Crippen molar-refractivity contribution in [3.63, 3.8) is 0 Å². The van der Waals surface area contributed by atoms with Crippen molar-refractivity contribution in [3.8, 4) is 0 Å². The van der Waals surface area contributed by atoms with Gasteiger partial charge in [0.2, 0.25) is 0 Å². The number of ketones is 1. The van der Waals surface area contributed by atoms with Crippen LogP contribution in [0.1, 0.15) is 21.7 Å². The number of carbonyl (C=O) groups excluding carboxylic acids is 2. The number of carbonyl (C=O) groups is 2. The highest BCUT2D eigenvalue weighted by molar-refractivity contribution is 7.22. The Labute approximate surface area is 141 Å². The fourth-order valence-corrected chi connectivity index (χ4v) is 3.46. The Hall–Kier alpha value is -2.25. The lowest BCUT2D eigenvalue weighted by atomic mass is 10.1. The number of fused-ring (bicyclic) bond motifs is 1. The molecule has 0 aliphatic carbocycles. The Morgan fingerprint density at radius 1 is 1.30 bits per heavy atom. The minimum atomic E-state index is -0.727. The van der Waals surface area contributed by atoms with Crippen LogP contribution in [0.15, 0.2) is 18.2 Å². The molecule has 0 aliphatic heterocycles. The third-order valence-electron chi connectivity index (χ3n) is 3.51. The van der Waals surface area contributed by atoms with Crippen LogP contribution in [0.3, 0.4) is 0 Å². The molecule has 2 aromatic heterocycles. The number of hydrogen-bond acceptors (Lipinski definition) is 5. The number of aromatic nitrogens is 3. The highest BCUT2D eigenvalue weighted by Crippen LogP contribution is 2.28. The molecule has 118 valence electrons. The average Bonchev–Trinajstić information content (AvgIpc) is 2.98. The second kappa shape index (κ2) is 5.75. The summed E-state index contributed by atoms with van der Waals surface area (Å²) >= 11 is 7.19. The van der Waals surface area contributed by atoms with E-state index >= 15 is 0 Å². The molecule has 23 heavy (non-hydrogen) atoms. The quantitative estimate of drug-likeness (QED) is 0.582. The van der Waals surface area contributed by atoms with Crippen LogP contribution in [-0.2, 0) is 11.8 Å².